The average Bonchev–Trinajstić information content (AvgIpc) is 3.26. The first-order valence-corrected chi connectivity index (χ1v) is 10.2. The maximum absolute atomic E-state index is 11.2. The third-order valence-electron chi connectivity index (χ3n) is 4.94. The van der Waals surface area contributed by atoms with E-state index in [1.807, 2.05) is 60.7 Å². The van der Waals surface area contributed by atoms with Gasteiger partial charge in [-0.25, -0.2) is 4.99 Å². The van der Waals surface area contributed by atoms with Gasteiger partial charge in [0, 0.05) is 35.0 Å². The maximum Gasteiger partial charge on any atom is 0.270 e. The van der Waals surface area contributed by atoms with Gasteiger partial charge < -0.3 is 9.15 Å². The molecule has 0 amide bonds. The van der Waals surface area contributed by atoms with E-state index in [4.69, 9.17) is 15.6 Å². The first-order chi connectivity index (χ1) is 16.6. The highest BCUT2D eigenvalue weighted by Gasteiger charge is 2.22. The zero-order valence-electron chi connectivity index (χ0n) is 17.8. The molecule has 3 aromatic carbocycles. The number of nitriles is 1. The zero-order chi connectivity index (χ0) is 23.9. The van der Waals surface area contributed by atoms with Crippen LogP contribution >= 0.6 is 0 Å². The molecule has 0 aliphatic heterocycles. The Morgan fingerprint density at radius 2 is 1.74 bits per heavy atom. The molecule has 0 radical (unpaired) electrons. The highest BCUT2D eigenvalue weighted by Crippen LogP contribution is 2.42. The smallest absolute Gasteiger partial charge is 0.270 e. The SMILES string of the molecule is C#CCOc1ccc([N+](=O)[O-])cc1/C=N/c1oc(-c2ccccc2)c(-c2ccccc2)c1C#N. The largest absolute Gasteiger partial charge is 0.480 e. The summed E-state index contributed by atoms with van der Waals surface area (Å²) in [6, 6.07) is 25.1. The fourth-order valence-corrected chi connectivity index (χ4v) is 3.42. The molecule has 1 heterocycles. The monoisotopic (exact) mass is 447 g/mol. The van der Waals surface area contributed by atoms with Crippen molar-refractivity contribution in [2.75, 3.05) is 6.61 Å². The molecule has 7 heteroatoms. The Labute approximate surface area is 195 Å². The predicted octanol–water partition coefficient (Wildman–Crippen LogP) is 6.16. The van der Waals surface area contributed by atoms with Gasteiger partial charge in [-0.05, 0) is 11.6 Å². The van der Waals surface area contributed by atoms with Gasteiger partial charge in [0.05, 0.1) is 4.92 Å². The Hall–Kier alpha value is -5.14. The van der Waals surface area contributed by atoms with Gasteiger partial charge in [-0.15, -0.1) is 6.42 Å². The van der Waals surface area contributed by atoms with Crippen LogP contribution in [0.3, 0.4) is 0 Å². The Morgan fingerprint density at radius 1 is 1.06 bits per heavy atom. The second-order valence-corrected chi connectivity index (χ2v) is 7.06. The number of non-ortho nitro benzene ring substituents is 1. The number of nitro benzene ring substituents is 1. The van der Waals surface area contributed by atoms with Crippen LogP contribution in [0.1, 0.15) is 11.1 Å². The van der Waals surface area contributed by atoms with Crippen molar-refractivity contribution in [2.45, 2.75) is 0 Å². The van der Waals surface area contributed by atoms with E-state index < -0.39 is 4.92 Å². The summed E-state index contributed by atoms with van der Waals surface area (Å²) in [7, 11) is 0. The van der Waals surface area contributed by atoms with Crippen LogP contribution in [-0.2, 0) is 0 Å². The number of nitro groups is 1. The lowest BCUT2D eigenvalue weighted by atomic mass is 9.98. The fraction of sp³-hybridized carbons (Fsp3) is 0.0370. The topological polar surface area (TPSA) is 102 Å². The number of hydrogen-bond donors (Lipinski definition) is 0. The molecular formula is C27H17N3O4. The van der Waals surface area contributed by atoms with E-state index in [0.717, 1.165) is 11.1 Å². The zero-order valence-corrected chi connectivity index (χ0v) is 17.8. The molecule has 0 aliphatic rings. The molecule has 1 aromatic heterocycles. The van der Waals surface area contributed by atoms with Crippen molar-refractivity contribution in [3.63, 3.8) is 0 Å². The molecule has 34 heavy (non-hydrogen) atoms. The normalized spacial score (nSPS) is 10.5. The van der Waals surface area contributed by atoms with Crippen LogP contribution in [0.25, 0.3) is 22.5 Å². The molecule has 0 aliphatic carbocycles. The number of rotatable bonds is 7. The lowest BCUT2D eigenvalue weighted by Gasteiger charge is -2.05. The minimum atomic E-state index is -0.517. The molecule has 0 saturated carbocycles. The van der Waals surface area contributed by atoms with E-state index >= 15 is 0 Å². The first-order valence-electron chi connectivity index (χ1n) is 10.2. The quantitative estimate of drug-likeness (QED) is 0.146. The minimum Gasteiger partial charge on any atom is -0.480 e. The Bertz CT molecular complexity index is 1440. The van der Waals surface area contributed by atoms with Gasteiger partial charge in [0.15, 0.2) is 0 Å². The molecule has 164 valence electrons. The maximum atomic E-state index is 11.2. The summed E-state index contributed by atoms with van der Waals surface area (Å²) in [5.74, 6) is 3.26. The Balaban J connectivity index is 1.86. The number of aliphatic imine (C=N–C) groups is 1. The number of ether oxygens (including phenoxy) is 1. The molecule has 0 atom stereocenters. The van der Waals surface area contributed by atoms with Gasteiger partial charge in [-0.2, -0.15) is 5.26 Å². The van der Waals surface area contributed by atoms with Crippen molar-refractivity contribution < 1.29 is 14.1 Å². The summed E-state index contributed by atoms with van der Waals surface area (Å²) in [5, 5.41) is 21.2. The van der Waals surface area contributed by atoms with Crippen molar-refractivity contribution >= 4 is 17.8 Å². The summed E-state index contributed by atoms with van der Waals surface area (Å²) in [6.45, 7) is -0.0147. The van der Waals surface area contributed by atoms with Crippen molar-refractivity contribution in [3.8, 4) is 46.6 Å². The number of nitrogens with zero attached hydrogens (tertiary/aromatic N) is 3. The van der Waals surface area contributed by atoms with Crippen LogP contribution in [0.2, 0.25) is 0 Å². The van der Waals surface area contributed by atoms with E-state index in [1.165, 1.54) is 24.4 Å². The Kier molecular flexibility index (Phi) is 6.48. The molecule has 4 rings (SSSR count). The molecule has 0 fully saturated rings. The lowest BCUT2D eigenvalue weighted by Crippen LogP contribution is -1.99. The van der Waals surface area contributed by atoms with Crippen LogP contribution in [0, 0.1) is 33.8 Å². The molecular weight excluding hydrogens is 430 g/mol. The fourth-order valence-electron chi connectivity index (χ4n) is 3.42. The molecule has 0 bridgehead atoms. The number of terminal acetylenes is 1. The first kappa shape index (κ1) is 22.1. The van der Waals surface area contributed by atoms with E-state index in [1.54, 1.807) is 0 Å². The van der Waals surface area contributed by atoms with Crippen molar-refractivity contribution in [1.82, 2.24) is 0 Å². The van der Waals surface area contributed by atoms with Gasteiger partial charge in [-0.1, -0.05) is 66.6 Å². The summed E-state index contributed by atoms with van der Waals surface area (Å²) in [6.07, 6.45) is 6.63. The molecule has 0 spiro atoms. The molecule has 0 unspecified atom stereocenters. The molecule has 7 nitrogen and oxygen atoms in total. The lowest BCUT2D eigenvalue weighted by molar-refractivity contribution is -0.384. The van der Waals surface area contributed by atoms with Crippen molar-refractivity contribution in [3.05, 3.63) is 100 Å². The second kappa shape index (κ2) is 9.99. The third kappa shape index (κ3) is 4.55. The van der Waals surface area contributed by atoms with Crippen LogP contribution in [-0.4, -0.2) is 17.7 Å². The summed E-state index contributed by atoms with van der Waals surface area (Å²) >= 11 is 0. The van der Waals surface area contributed by atoms with Gasteiger partial charge >= 0.3 is 0 Å². The minimum absolute atomic E-state index is 0.0147. The van der Waals surface area contributed by atoms with E-state index in [0.29, 0.717) is 22.6 Å². The van der Waals surface area contributed by atoms with Gasteiger partial charge in [0.25, 0.3) is 5.69 Å². The predicted molar refractivity (Wildman–Crippen MR) is 129 cm³/mol. The molecule has 0 N–H and O–H groups in total. The second-order valence-electron chi connectivity index (χ2n) is 7.06. The summed E-state index contributed by atoms with van der Waals surface area (Å²) < 4.78 is 11.6. The number of furan rings is 1. The van der Waals surface area contributed by atoms with E-state index in [2.05, 4.69) is 17.0 Å². The van der Waals surface area contributed by atoms with Crippen molar-refractivity contribution in [2.24, 2.45) is 4.99 Å². The summed E-state index contributed by atoms with van der Waals surface area (Å²) in [5.41, 5.74) is 2.64. The highest BCUT2D eigenvalue weighted by atomic mass is 16.6. The molecule has 4 aromatic rings. The van der Waals surface area contributed by atoms with Crippen LogP contribution in [0.4, 0.5) is 11.6 Å². The number of benzene rings is 3. The molecule has 0 saturated heterocycles. The highest BCUT2D eigenvalue weighted by molar-refractivity contribution is 5.91. The van der Waals surface area contributed by atoms with Crippen LogP contribution in [0.15, 0.2) is 88.3 Å². The Morgan fingerprint density at radius 3 is 2.35 bits per heavy atom. The average molecular weight is 447 g/mol. The standard InChI is InChI=1S/C27H17N3O4/c1-2-15-33-24-14-13-22(30(31)32)16-21(24)18-29-27-23(17-28)25(19-9-5-3-6-10-19)26(34-27)20-11-7-4-8-12-20/h1,3-14,16,18H,15H2/b29-18+. The van der Waals surface area contributed by atoms with Crippen molar-refractivity contribution in [1.29, 1.82) is 5.26 Å². The van der Waals surface area contributed by atoms with Crippen LogP contribution in [0.5, 0.6) is 5.75 Å². The van der Waals surface area contributed by atoms with Crippen LogP contribution < -0.4 is 4.74 Å². The van der Waals surface area contributed by atoms with Gasteiger partial charge in [-0.3, -0.25) is 10.1 Å². The van der Waals surface area contributed by atoms with E-state index in [9.17, 15) is 15.4 Å². The summed E-state index contributed by atoms with van der Waals surface area (Å²) in [4.78, 5) is 15.1. The van der Waals surface area contributed by atoms with Gasteiger partial charge in [0.2, 0.25) is 5.88 Å². The van der Waals surface area contributed by atoms with E-state index in [-0.39, 0.29) is 23.7 Å². The third-order valence-corrected chi connectivity index (χ3v) is 4.94. The van der Waals surface area contributed by atoms with Gasteiger partial charge in [0.1, 0.15) is 29.7 Å². The number of hydrogen-bond acceptors (Lipinski definition) is 6.